The van der Waals surface area contributed by atoms with Gasteiger partial charge < -0.3 is 5.32 Å². The van der Waals surface area contributed by atoms with Crippen molar-refractivity contribution in [1.29, 1.82) is 0 Å². The zero-order chi connectivity index (χ0) is 22.4. The van der Waals surface area contributed by atoms with Crippen molar-refractivity contribution in [2.45, 2.75) is 0 Å². The number of rotatable bonds is 3. The van der Waals surface area contributed by atoms with Crippen LogP contribution in [-0.2, 0) is 0 Å². The van der Waals surface area contributed by atoms with E-state index in [-0.39, 0.29) is 10.9 Å². The number of carbonyl (C=O) groups excluding carboxylic acids is 3. The molecule has 0 spiro atoms. The highest BCUT2D eigenvalue weighted by atomic mass is 79.9. The molecule has 0 saturated heterocycles. The van der Waals surface area contributed by atoms with E-state index in [1.807, 2.05) is 30.3 Å². The Morgan fingerprint density at radius 3 is 2.16 bits per heavy atom. The zero-order valence-electron chi connectivity index (χ0n) is 16.4. The van der Waals surface area contributed by atoms with Crippen molar-refractivity contribution in [1.82, 2.24) is 0 Å². The Balaban J connectivity index is 1.44. The van der Waals surface area contributed by atoms with Gasteiger partial charge in [0.05, 0.1) is 27.5 Å². The van der Waals surface area contributed by atoms with Crippen LogP contribution in [0.2, 0.25) is 5.02 Å². The number of amides is 3. The average molecular weight is 506 g/mol. The predicted molar refractivity (Wildman–Crippen MR) is 129 cm³/mol. The third kappa shape index (κ3) is 3.28. The monoisotopic (exact) mass is 504 g/mol. The van der Waals surface area contributed by atoms with Crippen LogP contribution in [0.1, 0.15) is 31.1 Å². The lowest BCUT2D eigenvalue weighted by Gasteiger charge is -2.16. The molecule has 32 heavy (non-hydrogen) atoms. The van der Waals surface area contributed by atoms with Gasteiger partial charge in [-0.3, -0.25) is 14.4 Å². The first-order chi connectivity index (χ1) is 15.5. The van der Waals surface area contributed by atoms with Crippen molar-refractivity contribution in [3.05, 3.63) is 105 Å². The third-order valence-corrected chi connectivity index (χ3v) is 6.37. The van der Waals surface area contributed by atoms with Gasteiger partial charge in [0.25, 0.3) is 17.7 Å². The molecule has 156 valence electrons. The van der Waals surface area contributed by atoms with Crippen LogP contribution in [0, 0.1) is 0 Å². The Hall–Kier alpha value is -3.48. The Morgan fingerprint density at radius 1 is 0.812 bits per heavy atom. The first-order valence-electron chi connectivity index (χ1n) is 9.71. The number of halogens is 2. The van der Waals surface area contributed by atoms with Gasteiger partial charge >= 0.3 is 0 Å². The molecule has 5 rings (SSSR count). The van der Waals surface area contributed by atoms with Crippen LogP contribution in [0.3, 0.4) is 0 Å². The van der Waals surface area contributed by atoms with E-state index in [4.69, 9.17) is 11.6 Å². The van der Waals surface area contributed by atoms with Crippen LogP contribution >= 0.6 is 27.5 Å². The second kappa shape index (κ2) is 7.89. The summed E-state index contributed by atoms with van der Waals surface area (Å²) in [5.74, 6) is -1.12. The van der Waals surface area contributed by atoms with E-state index in [0.29, 0.717) is 28.1 Å². The summed E-state index contributed by atoms with van der Waals surface area (Å²) in [5, 5.41) is 4.76. The van der Waals surface area contributed by atoms with Crippen LogP contribution in [0.4, 0.5) is 11.4 Å². The Kier molecular flexibility index (Phi) is 5.04. The van der Waals surface area contributed by atoms with Gasteiger partial charge in [-0.2, -0.15) is 0 Å². The summed E-state index contributed by atoms with van der Waals surface area (Å²) in [6.07, 6.45) is 0. The Bertz CT molecular complexity index is 1420. The first kappa shape index (κ1) is 20.4. The van der Waals surface area contributed by atoms with Crippen molar-refractivity contribution in [3.8, 4) is 0 Å². The Labute approximate surface area is 196 Å². The highest BCUT2D eigenvalue weighted by molar-refractivity contribution is 9.10. The van der Waals surface area contributed by atoms with Crippen molar-refractivity contribution in [3.63, 3.8) is 0 Å². The van der Waals surface area contributed by atoms with Gasteiger partial charge in [0.1, 0.15) is 0 Å². The molecule has 1 aliphatic heterocycles. The van der Waals surface area contributed by atoms with E-state index < -0.39 is 11.8 Å². The molecule has 0 bridgehead atoms. The molecule has 4 aromatic carbocycles. The lowest BCUT2D eigenvalue weighted by atomic mass is 10.0. The molecule has 1 aliphatic rings. The maximum absolute atomic E-state index is 13.0. The van der Waals surface area contributed by atoms with E-state index >= 15 is 0 Å². The number of imide groups is 1. The maximum Gasteiger partial charge on any atom is 0.266 e. The molecule has 0 aromatic heterocycles. The van der Waals surface area contributed by atoms with Gasteiger partial charge in [0, 0.05) is 10.0 Å². The SMILES string of the molecule is O=C(Nc1ccc(N2C(=O)c3ccccc3C2=O)cc1Cl)c1cccc2c(Br)cccc12. The van der Waals surface area contributed by atoms with Gasteiger partial charge in [-0.05, 0) is 53.2 Å². The lowest BCUT2D eigenvalue weighted by Crippen LogP contribution is -2.29. The van der Waals surface area contributed by atoms with Gasteiger partial charge in [-0.15, -0.1) is 0 Å². The van der Waals surface area contributed by atoms with E-state index in [2.05, 4.69) is 21.2 Å². The minimum absolute atomic E-state index is 0.217. The largest absolute Gasteiger partial charge is 0.321 e. The molecule has 7 heteroatoms. The highest BCUT2D eigenvalue weighted by Crippen LogP contribution is 2.33. The van der Waals surface area contributed by atoms with Gasteiger partial charge in [0.2, 0.25) is 0 Å². The zero-order valence-corrected chi connectivity index (χ0v) is 18.8. The summed E-state index contributed by atoms with van der Waals surface area (Å²) in [5.41, 5.74) is 1.93. The van der Waals surface area contributed by atoms with E-state index in [1.54, 1.807) is 42.5 Å². The number of carbonyl (C=O) groups is 3. The first-order valence-corrected chi connectivity index (χ1v) is 10.9. The number of hydrogen-bond acceptors (Lipinski definition) is 3. The minimum atomic E-state index is -0.403. The molecule has 0 aliphatic carbocycles. The van der Waals surface area contributed by atoms with Crippen molar-refractivity contribution in [2.24, 2.45) is 0 Å². The minimum Gasteiger partial charge on any atom is -0.321 e. The Morgan fingerprint density at radius 2 is 1.47 bits per heavy atom. The number of nitrogens with one attached hydrogen (secondary N) is 1. The molecule has 0 saturated carbocycles. The van der Waals surface area contributed by atoms with Gasteiger partial charge in [-0.1, -0.05) is 63.9 Å². The third-order valence-electron chi connectivity index (χ3n) is 5.37. The van der Waals surface area contributed by atoms with Crippen molar-refractivity contribution < 1.29 is 14.4 Å². The van der Waals surface area contributed by atoms with E-state index in [9.17, 15) is 14.4 Å². The van der Waals surface area contributed by atoms with Crippen molar-refractivity contribution >= 4 is 67.4 Å². The average Bonchev–Trinajstić information content (AvgIpc) is 3.05. The smallest absolute Gasteiger partial charge is 0.266 e. The standard InChI is InChI=1S/C25H14BrClN2O3/c26-20-10-4-7-15-16(20)8-3-9-17(15)23(30)28-22-12-11-14(13-21(22)27)29-24(31)18-5-1-2-6-19(18)25(29)32/h1-13H,(H,28,30). The summed E-state index contributed by atoms with van der Waals surface area (Å²) in [6.45, 7) is 0. The molecule has 0 radical (unpaired) electrons. The summed E-state index contributed by atoms with van der Waals surface area (Å²) in [4.78, 5) is 39.5. The van der Waals surface area contributed by atoms with Gasteiger partial charge in [-0.25, -0.2) is 4.90 Å². The number of anilines is 2. The molecule has 0 fully saturated rings. The fourth-order valence-corrected chi connectivity index (χ4v) is 4.55. The number of benzene rings is 4. The molecule has 1 N–H and O–H groups in total. The molecule has 1 heterocycles. The van der Waals surface area contributed by atoms with E-state index in [0.717, 1.165) is 20.1 Å². The molecule has 4 aromatic rings. The lowest BCUT2D eigenvalue weighted by molar-refractivity contribution is 0.0924. The second-order valence-corrected chi connectivity index (χ2v) is 8.51. The molecular formula is C25H14BrClN2O3. The molecular weight excluding hydrogens is 492 g/mol. The predicted octanol–water partition coefficient (Wildman–Crippen LogP) is 6.31. The fourth-order valence-electron chi connectivity index (χ4n) is 3.83. The van der Waals surface area contributed by atoms with Crippen LogP contribution in [0.5, 0.6) is 0 Å². The van der Waals surface area contributed by atoms with Gasteiger partial charge in [0.15, 0.2) is 0 Å². The molecule has 5 nitrogen and oxygen atoms in total. The quantitative estimate of drug-likeness (QED) is 0.332. The summed E-state index contributed by atoms with van der Waals surface area (Å²) in [6, 6.07) is 22.5. The number of fused-ring (bicyclic) bond motifs is 2. The highest BCUT2D eigenvalue weighted by Gasteiger charge is 2.36. The van der Waals surface area contributed by atoms with Crippen LogP contribution in [-0.4, -0.2) is 17.7 Å². The summed E-state index contributed by atoms with van der Waals surface area (Å²) in [7, 11) is 0. The van der Waals surface area contributed by atoms with Crippen molar-refractivity contribution in [2.75, 3.05) is 10.2 Å². The molecule has 0 atom stereocenters. The molecule has 0 unspecified atom stereocenters. The topological polar surface area (TPSA) is 66.5 Å². The van der Waals surface area contributed by atoms with E-state index in [1.165, 1.54) is 6.07 Å². The fraction of sp³-hybridized carbons (Fsp3) is 0. The molecule has 3 amide bonds. The normalized spacial score (nSPS) is 12.9. The summed E-state index contributed by atoms with van der Waals surface area (Å²) >= 11 is 9.92. The van der Waals surface area contributed by atoms with Crippen LogP contribution in [0.25, 0.3) is 10.8 Å². The summed E-state index contributed by atoms with van der Waals surface area (Å²) < 4.78 is 0.896. The van der Waals surface area contributed by atoms with Crippen LogP contribution < -0.4 is 10.2 Å². The number of hydrogen-bond donors (Lipinski definition) is 1. The maximum atomic E-state index is 13.0. The second-order valence-electron chi connectivity index (χ2n) is 7.25. The van der Waals surface area contributed by atoms with Crippen LogP contribution in [0.15, 0.2) is 83.3 Å². The number of nitrogens with zero attached hydrogens (tertiary/aromatic N) is 1.